The van der Waals surface area contributed by atoms with E-state index >= 15 is 0 Å². The molecule has 0 aliphatic carbocycles. The molecule has 1 aliphatic heterocycles. The molecule has 0 saturated carbocycles. The van der Waals surface area contributed by atoms with Gasteiger partial charge in [-0.25, -0.2) is 29.6 Å². The van der Waals surface area contributed by atoms with Crippen molar-refractivity contribution < 1.29 is 22.7 Å². The Balaban J connectivity index is 1.56. The predicted octanol–water partition coefficient (Wildman–Crippen LogP) is 3.93. The van der Waals surface area contributed by atoms with E-state index in [2.05, 4.69) is 34.8 Å². The molecule has 168 valence electrons. The van der Waals surface area contributed by atoms with Crippen LogP contribution in [0.15, 0.2) is 36.9 Å². The number of aromatic nitrogens is 4. The van der Waals surface area contributed by atoms with Crippen molar-refractivity contribution in [3.63, 3.8) is 0 Å². The summed E-state index contributed by atoms with van der Waals surface area (Å²) in [6, 6.07) is 3.68. The van der Waals surface area contributed by atoms with E-state index in [1.807, 2.05) is 0 Å². The van der Waals surface area contributed by atoms with Gasteiger partial charge in [-0.1, -0.05) is 6.07 Å². The number of fused-ring (bicyclic) bond motifs is 1. The van der Waals surface area contributed by atoms with Crippen LogP contribution in [0.3, 0.4) is 0 Å². The van der Waals surface area contributed by atoms with E-state index in [9.17, 15) is 18.0 Å². The topological polar surface area (TPSA) is 97.5 Å². The molecule has 1 N–H and O–H groups in total. The molecule has 3 aromatic rings. The average Bonchev–Trinajstić information content (AvgIpc) is 2.83. The fraction of sp³-hybridized carbons (Fsp3) is 0.238. The maximum absolute atomic E-state index is 13.3. The zero-order valence-corrected chi connectivity index (χ0v) is 17.2. The lowest BCUT2D eigenvalue weighted by atomic mass is 10.0. The summed E-state index contributed by atoms with van der Waals surface area (Å²) in [5, 5.41) is 2.99. The fourth-order valence-electron chi connectivity index (χ4n) is 3.45. The number of alkyl halides is 3. The Morgan fingerprint density at radius 2 is 1.97 bits per heavy atom. The summed E-state index contributed by atoms with van der Waals surface area (Å²) >= 11 is 0. The van der Waals surface area contributed by atoms with Crippen LogP contribution in [-0.2, 0) is 23.9 Å². The molecule has 0 unspecified atom stereocenters. The van der Waals surface area contributed by atoms with Gasteiger partial charge >= 0.3 is 12.1 Å². The van der Waals surface area contributed by atoms with Crippen LogP contribution in [0.4, 0.5) is 36.3 Å². The first-order chi connectivity index (χ1) is 15.8. The monoisotopic (exact) mass is 455 g/mol. The average molecular weight is 455 g/mol. The second kappa shape index (κ2) is 8.70. The smallest absolute Gasteiger partial charge is 0.407 e. The number of carbonyl (C=O) groups excluding carboxylic acids is 1. The highest BCUT2D eigenvalue weighted by molar-refractivity contribution is 5.88. The van der Waals surface area contributed by atoms with E-state index < -0.39 is 23.4 Å². The van der Waals surface area contributed by atoms with Crippen molar-refractivity contribution in [2.24, 2.45) is 0 Å². The second-order valence-electron chi connectivity index (χ2n) is 7.04. The van der Waals surface area contributed by atoms with Crippen LogP contribution >= 0.6 is 0 Å². The molecule has 0 radical (unpaired) electrons. The first kappa shape index (κ1) is 21.9. The van der Waals surface area contributed by atoms with Gasteiger partial charge in [0.15, 0.2) is 5.69 Å². The maximum Gasteiger partial charge on any atom is 0.407 e. The summed E-state index contributed by atoms with van der Waals surface area (Å²) < 4.78 is 44.6. The minimum atomic E-state index is -4.62. The van der Waals surface area contributed by atoms with Gasteiger partial charge in [0.25, 0.3) is 0 Å². The highest BCUT2D eigenvalue weighted by Crippen LogP contribution is 2.39. The van der Waals surface area contributed by atoms with Crippen molar-refractivity contribution in [3.05, 3.63) is 70.7 Å². The van der Waals surface area contributed by atoms with Crippen LogP contribution < -0.4 is 10.2 Å². The lowest BCUT2D eigenvalue weighted by Crippen LogP contribution is -2.32. The molecule has 0 saturated heterocycles. The molecule has 1 aromatic carbocycles. The highest BCUT2D eigenvalue weighted by Gasteiger charge is 2.34. The molecule has 12 heteroatoms. The molecule has 9 nitrogen and oxygen atoms in total. The second-order valence-corrected chi connectivity index (χ2v) is 7.04. The van der Waals surface area contributed by atoms with Crippen LogP contribution in [0, 0.1) is 6.57 Å². The molecule has 4 rings (SSSR count). The van der Waals surface area contributed by atoms with Gasteiger partial charge in [-0.15, -0.1) is 0 Å². The van der Waals surface area contributed by atoms with E-state index in [-0.39, 0.29) is 18.1 Å². The number of ether oxygens (including phenoxy) is 1. The summed E-state index contributed by atoms with van der Waals surface area (Å²) in [6.07, 6.45) is -0.170. The van der Waals surface area contributed by atoms with E-state index in [0.717, 1.165) is 11.6 Å². The molecule has 33 heavy (non-hydrogen) atoms. The quantitative estimate of drug-likeness (QED) is 0.467. The van der Waals surface area contributed by atoms with E-state index in [1.165, 1.54) is 38.0 Å². The number of esters is 1. The molecular weight excluding hydrogens is 439 g/mol. The van der Waals surface area contributed by atoms with Gasteiger partial charge in [-0.05, 0) is 18.6 Å². The lowest BCUT2D eigenvalue weighted by molar-refractivity contribution is -0.136. The van der Waals surface area contributed by atoms with Crippen molar-refractivity contribution in [1.29, 1.82) is 0 Å². The largest absolute Gasteiger partial charge is 0.465 e. The van der Waals surface area contributed by atoms with Crippen molar-refractivity contribution >= 4 is 29.1 Å². The number of carbonyl (C=O) groups is 1. The van der Waals surface area contributed by atoms with E-state index in [0.29, 0.717) is 30.2 Å². The third-order valence-electron chi connectivity index (χ3n) is 5.08. The summed E-state index contributed by atoms with van der Waals surface area (Å²) in [4.78, 5) is 32.9. The van der Waals surface area contributed by atoms with Crippen molar-refractivity contribution in [2.75, 3.05) is 23.9 Å². The number of nitrogens with zero attached hydrogens (tertiary/aromatic N) is 6. The predicted molar refractivity (Wildman–Crippen MR) is 111 cm³/mol. The summed E-state index contributed by atoms with van der Waals surface area (Å²) in [7, 11) is 1.26. The molecule has 2 aromatic heterocycles. The zero-order valence-electron chi connectivity index (χ0n) is 17.2. The number of hydrogen-bond donors (Lipinski definition) is 1. The number of benzene rings is 1. The van der Waals surface area contributed by atoms with Gasteiger partial charge in [-0.2, -0.15) is 13.2 Å². The summed E-state index contributed by atoms with van der Waals surface area (Å²) in [5.74, 6) is 0.138. The maximum atomic E-state index is 13.3. The molecule has 0 amide bonds. The van der Waals surface area contributed by atoms with Crippen LogP contribution in [0.25, 0.3) is 4.85 Å². The highest BCUT2D eigenvalue weighted by atomic mass is 19.4. The van der Waals surface area contributed by atoms with Crippen LogP contribution in [-0.4, -0.2) is 39.6 Å². The number of nitrogens with one attached hydrogen (secondary N) is 1. The minimum Gasteiger partial charge on any atom is -0.465 e. The van der Waals surface area contributed by atoms with Crippen LogP contribution in [0.1, 0.15) is 27.2 Å². The van der Waals surface area contributed by atoms with Gasteiger partial charge in [0.2, 0.25) is 5.95 Å². The molecule has 3 heterocycles. The minimum absolute atomic E-state index is 0.200. The number of rotatable bonds is 4. The van der Waals surface area contributed by atoms with Crippen molar-refractivity contribution in [3.8, 4) is 0 Å². The molecule has 1 aliphatic rings. The molecule has 0 fully saturated rings. The number of methoxy groups -OCH3 is 1. The van der Waals surface area contributed by atoms with E-state index in [4.69, 9.17) is 6.57 Å². The van der Waals surface area contributed by atoms with Gasteiger partial charge < -0.3 is 15.0 Å². The van der Waals surface area contributed by atoms with Crippen molar-refractivity contribution in [1.82, 2.24) is 19.9 Å². The Morgan fingerprint density at radius 1 is 1.21 bits per heavy atom. The van der Waals surface area contributed by atoms with Crippen LogP contribution in [0.2, 0.25) is 0 Å². The molecule has 0 atom stereocenters. The summed E-state index contributed by atoms with van der Waals surface area (Å²) in [5.41, 5.74) is 0.603. The summed E-state index contributed by atoms with van der Waals surface area (Å²) in [6.45, 7) is 7.68. The van der Waals surface area contributed by atoms with Crippen LogP contribution in [0.5, 0.6) is 0 Å². The Kier molecular flexibility index (Phi) is 5.78. The van der Waals surface area contributed by atoms with Gasteiger partial charge in [-0.3, -0.25) is 0 Å². The lowest BCUT2D eigenvalue weighted by Gasteiger charge is -2.31. The Hall–Kier alpha value is -4.27. The number of hydrogen-bond acceptors (Lipinski definition) is 8. The number of halogens is 3. The SMILES string of the molecule is [C-]#[N+]c1ccc(N2CCc3c(ncnc3Nc3ncc(C(=O)OC)cn3)C2)cc1C(F)(F)F. The normalized spacial score (nSPS) is 13.1. The fourth-order valence-corrected chi connectivity index (χ4v) is 3.45. The first-order valence-corrected chi connectivity index (χ1v) is 9.64. The molecule has 0 spiro atoms. The standard InChI is InChI=1S/C21H16F3N7O2/c1-25-16-4-3-13(7-15(16)21(22,23)24)31-6-5-14-17(10-31)28-11-29-18(14)30-20-26-8-12(9-27-20)19(32)33-2/h3-4,7-9,11H,5-6,10H2,2H3,(H,26,27,28,29,30). The van der Waals surface area contributed by atoms with Gasteiger partial charge in [0, 0.05) is 30.2 Å². The molecule has 0 bridgehead atoms. The third kappa shape index (κ3) is 4.52. The van der Waals surface area contributed by atoms with E-state index in [1.54, 1.807) is 4.90 Å². The first-order valence-electron chi connectivity index (χ1n) is 9.64. The molecular formula is C21H16F3N7O2. The Morgan fingerprint density at radius 3 is 2.64 bits per heavy atom. The van der Waals surface area contributed by atoms with Gasteiger partial charge in [0.1, 0.15) is 12.1 Å². The zero-order chi connectivity index (χ0) is 23.6. The Labute approximate surface area is 186 Å². The number of anilines is 3. The van der Waals surface area contributed by atoms with Crippen molar-refractivity contribution in [2.45, 2.75) is 19.1 Å². The Bertz CT molecular complexity index is 1240. The third-order valence-corrected chi connectivity index (χ3v) is 5.08. The van der Waals surface area contributed by atoms with Gasteiger partial charge in [0.05, 0.1) is 37.0 Å².